The first-order chi connectivity index (χ1) is 8.85. The van der Waals surface area contributed by atoms with Crippen molar-refractivity contribution in [2.24, 2.45) is 0 Å². The van der Waals surface area contributed by atoms with Crippen LogP contribution in [0.25, 0.3) is 0 Å². The minimum atomic E-state index is -0.0255. The molecular weight excluding hydrogens is 243 g/mol. The summed E-state index contributed by atoms with van der Waals surface area (Å²) in [5.74, 6) is 0.849. The first kappa shape index (κ1) is 12.8. The molecule has 3 heteroatoms. The number of methoxy groups -OCH3 is 1. The predicted molar refractivity (Wildman–Crippen MR) is 73.5 cm³/mol. The molecular formula is C15H15O2P. The monoisotopic (exact) mass is 258 g/mol. The van der Waals surface area contributed by atoms with Crippen molar-refractivity contribution in [2.75, 3.05) is 7.11 Å². The van der Waals surface area contributed by atoms with Gasteiger partial charge in [-0.2, -0.15) is 0 Å². The minimum absolute atomic E-state index is 0.0255. The zero-order valence-corrected chi connectivity index (χ0v) is 11.1. The maximum Gasteiger partial charge on any atom is 0.163 e. The number of ether oxygens (including phenoxy) is 1. The molecule has 0 bridgehead atoms. The normalized spacial score (nSPS) is 12.3. The van der Waals surface area contributed by atoms with Gasteiger partial charge in [-0.3, -0.25) is 4.57 Å². The van der Waals surface area contributed by atoms with Crippen molar-refractivity contribution in [2.45, 2.75) is 12.1 Å². The lowest BCUT2D eigenvalue weighted by molar-refractivity contribution is 0.409. The molecule has 1 atom stereocenters. The molecule has 0 saturated heterocycles. The van der Waals surface area contributed by atoms with Gasteiger partial charge >= 0.3 is 0 Å². The topological polar surface area (TPSA) is 26.3 Å². The quantitative estimate of drug-likeness (QED) is 0.748. The van der Waals surface area contributed by atoms with Crippen molar-refractivity contribution in [1.29, 1.82) is 0 Å². The third kappa shape index (κ3) is 2.96. The largest absolute Gasteiger partial charge is 0.496 e. The Bertz CT molecular complexity index is 511. The van der Waals surface area contributed by atoms with Gasteiger partial charge in [-0.05, 0) is 23.6 Å². The van der Waals surface area contributed by atoms with E-state index in [4.69, 9.17) is 4.74 Å². The molecule has 0 N–H and O–H groups in total. The Morgan fingerprint density at radius 3 is 2.39 bits per heavy atom. The van der Waals surface area contributed by atoms with Crippen LogP contribution in [0.2, 0.25) is 0 Å². The van der Waals surface area contributed by atoms with Crippen LogP contribution in [0.3, 0.4) is 0 Å². The lowest BCUT2D eigenvalue weighted by Gasteiger charge is -2.12. The fourth-order valence-corrected chi connectivity index (χ4v) is 2.54. The van der Waals surface area contributed by atoms with E-state index in [0.717, 1.165) is 16.9 Å². The molecule has 0 aliphatic heterocycles. The summed E-state index contributed by atoms with van der Waals surface area (Å²) in [7, 11) is 1.80. The van der Waals surface area contributed by atoms with E-state index in [9.17, 15) is 4.57 Å². The van der Waals surface area contributed by atoms with Crippen LogP contribution in [-0.4, -0.2) is 7.11 Å². The van der Waals surface area contributed by atoms with Crippen molar-refractivity contribution in [3.8, 4) is 5.75 Å². The summed E-state index contributed by atoms with van der Waals surface area (Å²) in [4.78, 5) is 0. The molecule has 2 rings (SSSR count). The van der Waals surface area contributed by atoms with Crippen molar-refractivity contribution in [3.05, 3.63) is 65.7 Å². The molecule has 0 aromatic heterocycles. The molecule has 2 nitrogen and oxygen atoms in total. The highest BCUT2D eigenvalue weighted by atomic mass is 31.1. The summed E-state index contributed by atoms with van der Waals surface area (Å²) in [5.41, 5.74) is 2.14. The van der Waals surface area contributed by atoms with Gasteiger partial charge in [0.25, 0.3) is 0 Å². The Morgan fingerprint density at radius 2 is 1.72 bits per heavy atom. The van der Waals surface area contributed by atoms with Gasteiger partial charge in [0.1, 0.15) is 5.75 Å². The standard InChI is InChI=1S/C15H15O2P/c1-17-14-10-6-5-9-13(14)11-15(18-16)12-7-3-2-4-8-12/h2-10,15H,11H2,1H3. The first-order valence-electron chi connectivity index (χ1n) is 5.84. The molecule has 18 heavy (non-hydrogen) atoms. The van der Waals surface area contributed by atoms with Gasteiger partial charge in [0, 0.05) is 0 Å². The predicted octanol–water partition coefficient (Wildman–Crippen LogP) is 4.27. The van der Waals surface area contributed by atoms with Crippen LogP contribution in [0.4, 0.5) is 0 Å². The van der Waals surface area contributed by atoms with E-state index >= 15 is 0 Å². The van der Waals surface area contributed by atoms with Gasteiger partial charge in [0.15, 0.2) is 8.46 Å². The average Bonchev–Trinajstić information content (AvgIpc) is 2.46. The summed E-state index contributed by atoms with van der Waals surface area (Å²) in [5, 5.41) is 0. The van der Waals surface area contributed by atoms with E-state index < -0.39 is 0 Å². The summed E-state index contributed by atoms with van der Waals surface area (Å²) in [6, 6.07) is 17.8. The van der Waals surface area contributed by atoms with Gasteiger partial charge < -0.3 is 4.74 Å². The highest BCUT2D eigenvalue weighted by Gasteiger charge is 2.14. The van der Waals surface area contributed by atoms with E-state index in [1.54, 1.807) is 7.11 Å². The maximum absolute atomic E-state index is 11.4. The van der Waals surface area contributed by atoms with Crippen LogP contribution in [0.5, 0.6) is 5.75 Å². The van der Waals surface area contributed by atoms with Gasteiger partial charge in [0.2, 0.25) is 0 Å². The molecule has 92 valence electrons. The SMILES string of the molecule is COc1ccccc1CC(P=O)c1ccccc1. The third-order valence-corrected chi connectivity index (χ3v) is 3.65. The molecule has 2 aromatic carbocycles. The van der Waals surface area contributed by atoms with E-state index in [1.807, 2.05) is 54.6 Å². The number of hydrogen-bond donors (Lipinski definition) is 0. The number of benzene rings is 2. The average molecular weight is 258 g/mol. The van der Waals surface area contributed by atoms with Crippen LogP contribution >= 0.6 is 8.46 Å². The fraction of sp³-hybridized carbons (Fsp3) is 0.200. The minimum Gasteiger partial charge on any atom is -0.496 e. The summed E-state index contributed by atoms with van der Waals surface area (Å²) in [6.45, 7) is 0. The molecule has 1 unspecified atom stereocenters. The molecule has 0 aliphatic carbocycles. The molecule has 0 aliphatic rings. The zero-order chi connectivity index (χ0) is 12.8. The van der Waals surface area contributed by atoms with Crippen molar-refractivity contribution >= 4 is 8.46 Å². The van der Waals surface area contributed by atoms with E-state index in [-0.39, 0.29) is 14.1 Å². The van der Waals surface area contributed by atoms with E-state index in [2.05, 4.69) is 0 Å². The van der Waals surface area contributed by atoms with Crippen molar-refractivity contribution in [3.63, 3.8) is 0 Å². The van der Waals surface area contributed by atoms with Gasteiger partial charge in [0.05, 0.1) is 12.8 Å². The molecule has 0 saturated carbocycles. The highest BCUT2D eigenvalue weighted by Crippen LogP contribution is 2.33. The second-order valence-electron chi connectivity index (χ2n) is 4.05. The number of para-hydroxylation sites is 1. The molecule has 0 heterocycles. The Labute approximate surface area is 109 Å². The Balaban J connectivity index is 2.23. The molecule has 0 radical (unpaired) electrons. The fourth-order valence-electron chi connectivity index (χ4n) is 1.97. The van der Waals surface area contributed by atoms with Gasteiger partial charge in [-0.1, -0.05) is 48.5 Å². The van der Waals surface area contributed by atoms with Crippen LogP contribution in [0, 0.1) is 0 Å². The Morgan fingerprint density at radius 1 is 1.06 bits per heavy atom. The zero-order valence-electron chi connectivity index (χ0n) is 10.2. The molecule has 0 spiro atoms. The Hall–Kier alpha value is -1.66. The number of rotatable bonds is 5. The van der Waals surface area contributed by atoms with Crippen LogP contribution in [0.1, 0.15) is 16.8 Å². The number of hydrogen-bond acceptors (Lipinski definition) is 2. The first-order valence-corrected chi connectivity index (χ1v) is 6.72. The Kier molecular flexibility index (Phi) is 4.49. The summed E-state index contributed by atoms with van der Waals surface area (Å²) < 4.78 is 16.7. The smallest absolute Gasteiger partial charge is 0.163 e. The lowest BCUT2D eigenvalue weighted by Crippen LogP contribution is -1.98. The second kappa shape index (κ2) is 6.32. The van der Waals surface area contributed by atoms with Crippen LogP contribution in [-0.2, 0) is 11.0 Å². The van der Waals surface area contributed by atoms with Gasteiger partial charge in [-0.15, -0.1) is 0 Å². The van der Waals surface area contributed by atoms with Crippen LogP contribution < -0.4 is 4.74 Å². The van der Waals surface area contributed by atoms with E-state index in [1.165, 1.54) is 0 Å². The third-order valence-electron chi connectivity index (χ3n) is 2.92. The highest BCUT2D eigenvalue weighted by molar-refractivity contribution is 7.24. The molecule has 0 amide bonds. The second-order valence-corrected chi connectivity index (χ2v) is 4.88. The van der Waals surface area contributed by atoms with E-state index in [0.29, 0.717) is 6.42 Å². The maximum atomic E-state index is 11.4. The van der Waals surface area contributed by atoms with Crippen molar-refractivity contribution in [1.82, 2.24) is 0 Å². The summed E-state index contributed by atoms with van der Waals surface area (Å²) >= 11 is 0. The van der Waals surface area contributed by atoms with Crippen molar-refractivity contribution < 1.29 is 9.30 Å². The molecule has 0 fully saturated rings. The van der Waals surface area contributed by atoms with Crippen LogP contribution in [0.15, 0.2) is 54.6 Å². The lowest BCUT2D eigenvalue weighted by atomic mass is 10.0. The van der Waals surface area contributed by atoms with Gasteiger partial charge in [-0.25, -0.2) is 0 Å². The summed E-state index contributed by atoms with van der Waals surface area (Å²) in [6.07, 6.45) is 0.707. The molecule has 2 aromatic rings.